The lowest BCUT2D eigenvalue weighted by Gasteiger charge is -2.22. The van der Waals surface area contributed by atoms with Gasteiger partial charge in [0.15, 0.2) is 0 Å². The number of rotatable bonds is 6. The van der Waals surface area contributed by atoms with E-state index in [2.05, 4.69) is 35.5 Å². The lowest BCUT2D eigenvalue weighted by Crippen LogP contribution is -2.30. The lowest BCUT2D eigenvalue weighted by molar-refractivity contribution is -0.128. The standard InChI is InChI=1S/C18H25N3O3/c1-13-6-7-17-15(9-13)16(20-21(17)2)10-19-18(22)12-23-11-14-5-3-4-8-24-14/h6-7,9,14H,3-5,8,10-12H2,1-2H3,(H,19,22). The molecule has 1 N–H and O–H groups in total. The molecule has 1 atom stereocenters. The predicted octanol–water partition coefficient (Wildman–Crippen LogP) is 2.08. The molecule has 130 valence electrons. The summed E-state index contributed by atoms with van der Waals surface area (Å²) < 4.78 is 12.9. The summed E-state index contributed by atoms with van der Waals surface area (Å²) in [5.41, 5.74) is 3.12. The maximum absolute atomic E-state index is 12.0. The second-order valence-corrected chi connectivity index (χ2v) is 6.37. The summed E-state index contributed by atoms with van der Waals surface area (Å²) in [5, 5.41) is 8.46. The average molecular weight is 331 g/mol. The predicted molar refractivity (Wildman–Crippen MR) is 91.7 cm³/mol. The van der Waals surface area contributed by atoms with Crippen LogP contribution in [0.1, 0.15) is 30.5 Å². The van der Waals surface area contributed by atoms with Crippen LogP contribution in [0.5, 0.6) is 0 Å². The highest BCUT2D eigenvalue weighted by atomic mass is 16.5. The summed E-state index contributed by atoms with van der Waals surface area (Å²) in [6.45, 7) is 3.80. The first kappa shape index (κ1) is 16.9. The van der Waals surface area contributed by atoms with Crippen LogP contribution >= 0.6 is 0 Å². The van der Waals surface area contributed by atoms with Crippen LogP contribution in [0.4, 0.5) is 0 Å². The molecule has 3 rings (SSSR count). The van der Waals surface area contributed by atoms with Gasteiger partial charge >= 0.3 is 0 Å². The Kier molecular flexibility index (Phi) is 5.48. The van der Waals surface area contributed by atoms with Gasteiger partial charge in [-0.25, -0.2) is 0 Å². The van der Waals surface area contributed by atoms with E-state index in [9.17, 15) is 4.79 Å². The fourth-order valence-electron chi connectivity index (χ4n) is 3.04. The molecule has 6 nitrogen and oxygen atoms in total. The van der Waals surface area contributed by atoms with Crippen molar-refractivity contribution in [2.75, 3.05) is 19.8 Å². The number of hydrogen-bond donors (Lipinski definition) is 1. The first-order valence-corrected chi connectivity index (χ1v) is 8.52. The molecule has 1 amide bonds. The molecular weight excluding hydrogens is 306 g/mol. The van der Waals surface area contributed by atoms with Crippen molar-refractivity contribution in [3.05, 3.63) is 29.5 Å². The first-order chi connectivity index (χ1) is 11.6. The van der Waals surface area contributed by atoms with E-state index >= 15 is 0 Å². The van der Waals surface area contributed by atoms with Crippen molar-refractivity contribution in [3.8, 4) is 0 Å². The van der Waals surface area contributed by atoms with Gasteiger partial charge in [-0.1, -0.05) is 11.6 Å². The van der Waals surface area contributed by atoms with Gasteiger partial charge in [0.05, 0.1) is 30.5 Å². The second-order valence-electron chi connectivity index (χ2n) is 6.37. The van der Waals surface area contributed by atoms with E-state index in [1.807, 2.05) is 11.7 Å². The Morgan fingerprint density at radius 3 is 3.12 bits per heavy atom. The Bertz CT molecular complexity index is 705. The molecule has 1 aromatic heterocycles. The van der Waals surface area contributed by atoms with Crippen LogP contribution < -0.4 is 5.32 Å². The van der Waals surface area contributed by atoms with Crippen molar-refractivity contribution >= 4 is 16.8 Å². The molecule has 6 heteroatoms. The van der Waals surface area contributed by atoms with Gasteiger partial charge in [-0.2, -0.15) is 5.10 Å². The molecule has 2 aromatic rings. The third-order valence-corrected chi connectivity index (χ3v) is 4.35. The monoisotopic (exact) mass is 331 g/mol. The van der Waals surface area contributed by atoms with Gasteiger partial charge in [-0.15, -0.1) is 0 Å². The van der Waals surface area contributed by atoms with Gasteiger partial charge in [0, 0.05) is 19.0 Å². The number of carbonyl (C=O) groups excluding carboxylic acids is 1. The summed E-state index contributed by atoms with van der Waals surface area (Å²) in [6, 6.07) is 6.21. The number of fused-ring (bicyclic) bond motifs is 1. The molecule has 0 radical (unpaired) electrons. The van der Waals surface area contributed by atoms with Crippen molar-refractivity contribution in [2.45, 2.75) is 38.8 Å². The summed E-state index contributed by atoms with van der Waals surface area (Å²) in [7, 11) is 1.91. The highest BCUT2D eigenvalue weighted by Gasteiger charge is 2.15. The summed E-state index contributed by atoms with van der Waals surface area (Å²) >= 11 is 0. The molecule has 1 fully saturated rings. The fourth-order valence-corrected chi connectivity index (χ4v) is 3.04. The Morgan fingerprint density at radius 2 is 2.33 bits per heavy atom. The zero-order valence-corrected chi connectivity index (χ0v) is 14.4. The lowest BCUT2D eigenvalue weighted by atomic mass is 10.1. The van der Waals surface area contributed by atoms with E-state index in [0.717, 1.165) is 36.0 Å². The quantitative estimate of drug-likeness (QED) is 0.880. The SMILES string of the molecule is Cc1ccc2c(c1)c(CNC(=O)COCC1CCCCO1)nn2C. The maximum Gasteiger partial charge on any atom is 0.246 e. The van der Waals surface area contributed by atoms with E-state index in [1.165, 1.54) is 12.0 Å². The largest absolute Gasteiger partial charge is 0.376 e. The van der Waals surface area contributed by atoms with Crippen molar-refractivity contribution < 1.29 is 14.3 Å². The molecule has 1 saturated heterocycles. The second kappa shape index (κ2) is 7.77. The fraction of sp³-hybridized carbons (Fsp3) is 0.556. The van der Waals surface area contributed by atoms with Crippen LogP contribution in [-0.4, -0.2) is 41.6 Å². The van der Waals surface area contributed by atoms with Gasteiger partial charge in [-0.3, -0.25) is 9.48 Å². The number of carbonyl (C=O) groups is 1. The molecule has 0 saturated carbocycles. The minimum absolute atomic E-state index is 0.0592. The molecule has 1 aromatic carbocycles. The Balaban J connectivity index is 1.48. The van der Waals surface area contributed by atoms with Crippen molar-refractivity contribution in [2.24, 2.45) is 7.05 Å². The minimum atomic E-state index is -0.128. The molecule has 1 unspecified atom stereocenters. The molecule has 0 spiro atoms. The molecule has 1 aliphatic heterocycles. The van der Waals surface area contributed by atoms with Gasteiger partial charge in [0.1, 0.15) is 6.61 Å². The van der Waals surface area contributed by atoms with Crippen LogP contribution in [-0.2, 0) is 27.9 Å². The highest BCUT2D eigenvalue weighted by molar-refractivity contribution is 5.83. The molecular formula is C18H25N3O3. The number of amides is 1. The summed E-state index contributed by atoms with van der Waals surface area (Å²) in [6.07, 6.45) is 3.44. The molecule has 2 heterocycles. The van der Waals surface area contributed by atoms with Crippen LogP contribution in [0.3, 0.4) is 0 Å². The summed E-state index contributed by atoms with van der Waals surface area (Å²) in [4.78, 5) is 12.0. The van der Waals surface area contributed by atoms with Crippen molar-refractivity contribution in [1.82, 2.24) is 15.1 Å². The zero-order chi connectivity index (χ0) is 16.9. The normalized spacial score (nSPS) is 18.0. The number of nitrogens with one attached hydrogen (secondary N) is 1. The van der Waals surface area contributed by atoms with E-state index < -0.39 is 0 Å². The number of aryl methyl sites for hydroxylation is 2. The van der Waals surface area contributed by atoms with Crippen LogP contribution in [0.2, 0.25) is 0 Å². The smallest absolute Gasteiger partial charge is 0.246 e. The first-order valence-electron chi connectivity index (χ1n) is 8.52. The third kappa shape index (κ3) is 4.13. The van der Waals surface area contributed by atoms with E-state index in [0.29, 0.717) is 13.2 Å². The van der Waals surface area contributed by atoms with E-state index in [1.54, 1.807) is 0 Å². The van der Waals surface area contributed by atoms with Crippen molar-refractivity contribution in [1.29, 1.82) is 0 Å². The van der Waals surface area contributed by atoms with Gasteiger partial charge in [0.2, 0.25) is 5.91 Å². The summed E-state index contributed by atoms with van der Waals surface area (Å²) in [5.74, 6) is -0.128. The van der Waals surface area contributed by atoms with E-state index in [-0.39, 0.29) is 18.6 Å². The number of ether oxygens (including phenoxy) is 2. The Labute approximate surface area is 142 Å². The maximum atomic E-state index is 12.0. The van der Waals surface area contributed by atoms with Gasteiger partial charge in [0.25, 0.3) is 0 Å². The zero-order valence-electron chi connectivity index (χ0n) is 14.4. The van der Waals surface area contributed by atoms with E-state index in [4.69, 9.17) is 9.47 Å². The molecule has 0 aliphatic carbocycles. The Morgan fingerprint density at radius 1 is 1.46 bits per heavy atom. The van der Waals surface area contributed by atoms with Gasteiger partial charge in [-0.05, 0) is 38.3 Å². The Hall–Kier alpha value is -1.92. The number of aromatic nitrogens is 2. The van der Waals surface area contributed by atoms with Crippen molar-refractivity contribution in [3.63, 3.8) is 0 Å². The molecule has 0 bridgehead atoms. The topological polar surface area (TPSA) is 65.4 Å². The minimum Gasteiger partial charge on any atom is -0.376 e. The van der Waals surface area contributed by atoms with Gasteiger partial charge < -0.3 is 14.8 Å². The highest BCUT2D eigenvalue weighted by Crippen LogP contribution is 2.19. The van der Waals surface area contributed by atoms with Crippen LogP contribution in [0, 0.1) is 6.92 Å². The molecule has 24 heavy (non-hydrogen) atoms. The average Bonchev–Trinajstić information content (AvgIpc) is 2.89. The van der Waals surface area contributed by atoms with Crippen LogP contribution in [0.25, 0.3) is 10.9 Å². The molecule has 1 aliphatic rings. The number of nitrogens with zero attached hydrogens (tertiary/aromatic N) is 2. The number of hydrogen-bond acceptors (Lipinski definition) is 4. The number of benzene rings is 1. The third-order valence-electron chi connectivity index (χ3n) is 4.35. The van der Waals surface area contributed by atoms with Crippen LogP contribution in [0.15, 0.2) is 18.2 Å².